The Balaban J connectivity index is 2.04. The fourth-order valence-electron chi connectivity index (χ4n) is 1.46. The van der Waals surface area contributed by atoms with Crippen LogP contribution in [0, 0.1) is 0 Å². The minimum Gasteiger partial charge on any atom is -0.478 e. The van der Waals surface area contributed by atoms with Crippen molar-refractivity contribution in [2.24, 2.45) is 0 Å². The van der Waals surface area contributed by atoms with E-state index in [2.05, 4.69) is 15.5 Å². The molecule has 1 aromatic carbocycles. The molecule has 0 saturated carbocycles. The third kappa shape index (κ3) is 4.11. The van der Waals surface area contributed by atoms with Crippen LogP contribution in [0.25, 0.3) is 0 Å². The predicted octanol–water partition coefficient (Wildman–Crippen LogP) is 3.93. The summed E-state index contributed by atoms with van der Waals surface area (Å²) in [6.07, 6.45) is -2.72. The second-order valence-corrected chi connectivity index (χ2v) is 6.21. The Kier molecular flexibility index (Phi) is 4.92. The van der Waals surface area contributed by atoms with Crippen molar-refractivity contribution in [3.63, 3.8) is 0 Å². The van der Waals surface area contributed by atoms with Crippen LogP contribution in [0.15, 0.2) is 24.3 Å². The van der Waals surface area contributed by atoms with Crippen LogP contribution in [0.5, 0.6) is 5.75 Å². The third-order valence-corrected chi connectivity index (χ3v) is 3.68. The highest BCUT2D eigenvalue weighted by molar-refractivity contribution is 7.15. The standard InChI is InChI=1S/C13H12ClF2N3O2S/c1-13(2,21-8-5-3-7(14)4-6-8)11(20)17-12-19-18-10(22-12)9(15)16/h3-6,9H,1-2H3,(H,17,19,20). The summed E-state index contributed by atoms with van der Waals surface area (Å²) >= 11 is 6.39. The first-order valence-electron chi connectivity index (χ1n) is 6.15. The molecule has 118 valence electrons. The van der Waals surface area contributed by atoms with Crippen molar-refractivity contribution >= 4 is 34.0 Å². The van der Waals surface area contributed by atoms with Gasteiger partial charge in [-0.1, -0.05) is 22.9 Å². The second-order valence-electron chi connectivity index (χ2n) is 4.77. The van der Waals surface area contributed by atoms with Gasteiger partial charge in [-0.2, -0.15) is 0 Å². The van der Waals surface area contributed by atoms with E-state index in [9.17, 15) is 13.6 Å². The highest BCUT2D eigenvalue weighted by Gasteiger charge is 2.31. The van der Waals surface area contributed by atoms with Gasteiger partial charge in [-0.3, -0.25) is 10.1 Å². The summed E-state index contributed by atoms with van der Waals surface area (Å²) in [6.45, 7) is 3.10. The number of alkyl halides is 2. The summed E-state index contributed by atoms with van der Waals surface area (Å²) in [4.78, 5) is 12.2. The maximum absolute atomic E-state index is 12.4. The molecule has 1 amide bonds. The van der Waals surface area contributed by atoms with Gasteiger partial charge in [0.25, 0.3) is 12.3 Å². The van der Waals surface area contributed by atoms with Crippen molar-refractivity contribution in [3.05, 3.63) is 34.3 Å². The van der Waals surface area contributed by atoms with Crippen molar-refractivity contribution in [2.75, 3.05) is 5.32 Å². The molecule has 0 saturated heterocycles. The number of rotatable bonds is 5. The number of halogens is 3. The SMILES string of the molecule is CC(C)(Oc1ccc(Cl)cc1)C(=O)Nc1nnc(C(F)F)s1. The van der Waals surface area contributed by atoms with Crippen LogP contribution in [-0.4, -0.2) is 21.7 Å². The van der Waals surface area contributed by atoms with Gasteiger partial charge in [-0.25, -0.2) is 8.78 Å². The Bertz CT molecular complexity index is 662. The quantitative estimate of drug-likeness (QED) is 0.890. The van der Waals surface area contributed by atoms with Crippen molar-refractivity contribution in [1.82, 2.24) is 10.2 Å². The van der Waals surface area contributed by atoms with E-state index >= 15 is 0 Å². The lowest BCUT2D eigenvalue weighted by atomic mass is 10.1. The van der Waals surface area contributed by atoms with E-state index < -0.39 is 22.9 Å². The van der Waals surface area contributed by atoms with Gasteiger partial charge >= 0.3 is 0 Å². The molecule has 0 aliphatic carbocycles. The van der Waals surface area contributed by atoms with E-state index in [1.807, 2.05) is 0 Å². The van der Waals surface area contributed by atoms with Crippen molar-refractivity contribution in [2.45, 2.75) is 25.9 Å². The lowest BCUT2D eigenvalue weighted by Crippen LogP contribution is -2.42. The summed E-state index contributed by atoms with van der Waals surface area (Å²) in [5, 5.41) is 9.28. The van der Waals surface area contributed by atoms with Crippen molar-refractivity contribution in [1.29, 1.82) is 0 Å². The molecule has 22 heavy (non-hydrogen) atoms. The molecule has 0 aliphatic heterocycles. The normalized spacial score (nSPS) is 11.5. The maximum Gasteiger partial charge on any atom is 0.291 e. The number of anilines is 1. The summed E-state index contributed by atoms with van der Waals surface area (Å²) in [5.74, 6) is -0.0745. The topological polar surface area (TPSA) is 64.1 Å². The molecular formula is C13H12ClF2N3O2S. The molecule has 0 bridgehead atoms. The largest absolute Gasteiger partial charge is 0.478 e. The van der Waals surface area contributed by atoms with Gasteiger partial charge in [-0.15, -0.1) is 10.2 Å². The molecule has 0 radical (unpaired) electrons. The molecule has 0 fully saturated rings. The summed E-state index contributed by atoms with van der Waals surface area (Å²) < 4.78 is 30.4. The predicted molar refractivity (Wildman–Crippen MR) is 79.7 cm³/mol. The molecule has 1 heterocycles. The van der Waals surface area contributed by atoms with E-state index in [-0.39, 0.29) is 5.13 Å². The molecule has 0 aliphatic rings. The van der Waals surface area contributed by atoms with E-state index in [1.54, 1.807) is 38.1 Å². The summed E-state index contributed by atoms with van der Waals surface area (Å²) in [5.41, 5.74) is -1.23. The number of aromatic nitrogens is 2. The summed E-state index contributed by atoms with van der Waals surface area (Å²) in [7, 11) is 0. The lowest BCUT2D eigenvalue weighted by Gasteiger charge is -2.24. The monoisotopic (exact) mass is 347 g/mol. The average Bonchev–Trinajstić information content (AvgIpc) is 2.90. The molecule has 0 unspecified atom stereocenters. The van der Waals surface area contributed by atoms with Crippen LogP contribution in [-0.2, 0) is 4.79 Å². The number of hydrogen-bond donors (Lipinski definition) is 1. The Hall–Kier alpha value is -1.80. The molecule has 0 atom stereocenters. The van der Waals surface area contributed by atoms with Gasteiger partial charge in [0.1, 0.15) is 5.75 Å². The van der Waals surface area contributed by atoms with Gasteiger partial charge in [0.15, 0.2) is 10.6 Å². The van der Waals surface area contributed by atoms with E-state index in [4.69, 9.17) is 16.3 Å². The first kappa shape index (κ1) is 16.6. The first-order valence-corrected chi connectivity index (χ1v) is 7.35. The van der Waals surface area contributed by atoms with Gasteiger partial charge in [-0.05, 0) is 38.1 Å². The zero-order valence-corrected chi connectivity index (χ0v) is 13.2. The van der Waals surface area contributed by atoms with E-state index in [1.165, 1.54) is 0 Å². The number of hydrogen-bond acceptors (Lipinski definition) is 5. The molecule has 0 spiro atoms. The Morgan fingerprint density at radius 2 is 1.95 bits per heavy atom. The molecule has 9 heteroatoms. The molecular weight excluding hydrogens is 336 g/mol. The number of carbonyl (C=O) groups excluding carboxylic acids is 1. The minimum atomic E-state index is -2.72. The third-order valence-electron chi connectivity index (χ3n) is 2.58. The zero-order valence-electron chi connectivity index (χ0n) is 11.6. The number of ether oxygens (including phenoxy) is 1. The number of carbonyl (C=O) groups is 1. The molecule has 1 aromatic heterocycles. The van der Waals surface area contributed by atoms with Crippen LogP contribution in [0.1, 0.15) is 25.3 Å². The molecule has 2 aromatic rings. The van der Waals surface area contributed by atoms with Crippen LogP contribution < -0.4 is 10.1 Å². The fraction of sp³-hybridized carbons (Fsp3) is 0.308. The number of nitrogens with one attached hydrogen (secondary N) is 1. The lowest BCUT2D eigenvalue weighted by molar-refractivity contribution is -0.128. The molecule has 1 N–H and O–H groups in total. The van der Waals surface area contributed by atoms with Gasteiger partial charge in [0.05, 0.1) is 0 Å². The van der Waals surface area contributed by atoms with E-state index in [0.29, 0.717) is 22.1 Å². The van der Waals surface area contributed by atoms with Gasteiger partial charge in [0.2, 0.25) is 5.13 Å². The van der Waals surface area contributed by atoms with Crippen LogP contribution in [0.4, 0.5) is 13.9 Å². The maximum atomic E-state index is 12.4. The van der Waals surface area contributed by atoms with Crippen LogP contribution in [0.2, 0.25) is 5.02 Å². The average molecular weight is 348 g/mol. The second kappa shape index (κ2) is 6.53. The first-order chi connectivity index (χ1) is 10.3. The van der Waals surface area contributed by atoms with Gasteiger partial charge in [0, 0.05) is 5.02 Å². The fourth-order valence-corrected chi connectivity index (χ4v) is 2.18. The van der Waals surface area contributed by atoms with Crippen LogP contribution in [0.3, 0.4) is 0 Å². The van der Waals surface area contributed by atoms with Gasteiger partial charge < -0.3 is 4.74 Å². The molecule has 5 nitrogen and oxygen atoms in total. The number of benzene rings is 1. The Morgan fingerprint density at radius 3 is 2.50 bits per heavy atom. The van der Waals surface area contributed by atoms with Crippen molar-refractivity contribution < 1.29 is 18.3 Å². The Morgan fingerprint density at radius 1 is 1.32 bits per heavy atom. The smallest absolute Gasteiger partial charge is 0.291 e. The van der Waals surface area contributed by atoms with Crippen LogP contribution >= 0.6 is 22.9 Å². The Labute approximate surface area is 134 Å². The highest BCUT2D eigenvalue weighted by Crippen LogP contribution is 2.26. The van der Waals surface area contributed by atoms with E-state index in [0.717, 1.165) is 0 Å². The number of amides is 1. The zero-order chi connectivity index (χ0) is 16.3. The highest BCUT2D eigenvalue weighted by atomic mass is 35.5. The summed E-state index contributed by atoms with van der Waals surface area (Å²) in [6, 6.07) is 6.50. The molecule has 2 rings (SSSR count). The minimum absolute atomic E-state index is 0.00641. The van der Waals surface area contributed by atoms with Crippen molar-refractivity contribution in [3.8, 4) is 5.75 Å². The number of nitrogens with zero attached hydrogens (tertiary/aromatic N) is 2.